The number of nitrogens with two attached hydrogens (primary N) is 1. The molecule has 1 aromatic carbocycles. The van der Waals surface area contributed by atoms with E-state index >= 15 is 0 Å². The van der Waals surface area contributed by atoms with Gasteiger partial charge in [-0.05, 0) is 31.2 Å². The Morgan fingerprint density at radius 1 is 1.27 bits per heavy atom. The maximum absolute atomic E-state index is 5.86. The molecule has 0 aliphatic rings. The third-order valence-electron chi connectivity index (χ3n) is 2.37. The molecule has 0 spiro atoms. The van der Waals surface area contributed by atoms with Crippen LogP contribution in [0.4, 0.5) is 5.13 Å². The van der Waals surface area contributed by atoms with Crippen molar-refractivity contribution < 1.29 is 4.57 Å². The molecule has 1 heterocycles. The lowest BCUT2D eigenvalue weighted by Crippen LogP contribution is -2.31. The van der Waals surface area contributed by atoms with Crippen molar-refractivity contribution in [2.75, 3.05) is 5.73 Å². The Balaban J connectivity index is 2.58. The molecule has 2 aromatic rings. The fraction of sp³-hybridized carbons (Fsp3) is 0.182. The fourth-order valence-corrected chi connectivity index (χ4v) is 2.64. The molecule has 15 heavy (non-hydrogen) atoms. The summed E-state index contributed by atoms with van der Waals surface area (Å²) in [6.07, 6.45) is 0. The molecule has 0 saturated carbocycles. The molecular formula is C11H12ClN2S+. The molecule has 0 fully saturated rings. The molecule has 2 nitrogen and oxygen atoms in total. The number of benzene rings is 1. The maximum atomic E-state index is 5.86. The Hall–Kier alpha value is -1.06. The molecule has 0 bridgehead atoms. The van der Waals surface area contributed by atoms with Crippen molar-refractivity contribution in [3.63, 3.8) is 0 Å². The summed E-state index contributed by atoms with van der Waals surface area (Å²) in [6.45, 7) is 2.07. The van der Waals surface area contributed by atoms with E-state index in [1.54, 1.807) is 11.3 Å². The molecule has 0 aliphatic carbocycles. The summed E-state index contributed by atoms with van der Waals surface area (Å²) in [4.78, 5) is 1.22. The van der Waals surface area contributed by atoms with Crippen LogP contribution in [0.5, 0.6) is 0 Å². The Morgan fingerprint density at radius 3 is 2.33 bits per heavy atom. The lowest BCUT2D eigenvalue weighted by atomic mass is 10.1. The van der Waals surface area contributed by atoms with Crippen molar-refractivity contribution in [3.8, 4) is 11.3 Å². The number of anilines is 1. The Labute approximate surface area is 97.9 Å². The van der Waals surface area contributed by atoms with E-state index in [-0.39, 0.29) is 0 Å². The van der Waals surface area contributed by atoms with E-state index in [4.69, 9.17) is 17.3 Å². The zero-order valence-electron chi connectivity index (χ0n) is 8.62. The quantitative estimate of drug-likeness (QED) is 0.762. The molecular weight excluding hydrogens is 228 g/mol. The number of hydrogen-bond acceptors (Lipinski definition) is 2. The van der Waals surface area contributed by atoms with E-state index in [1.165, 1.54) is 4.88 Å². The average molecular weight is 240 g/mol. The minimum Gasteiger partial charge on any atom is -0.278 e. The van der Waals surface area contributed by atoms with Gasteiger partial charge in [-0.1, -0.05) is 22.9 Å². The second-order valence-electron chi connectivity index (χ2n) is 3.41. The number of rotatable bonds is 1. The minimum atomic E-state index is 0.752. The summed E-state index contributed by atoms with van der Waals surface area (Å²) >= 11 is 7.46. The molecule has 0 amide bonds. The Morgan fingerprint density at radius 2 is 1.87 bits per heavy atom. The molecule has 2 rings (SSSR count). The topological polar surface area (TPSA) is 29.9 Å². The molecule has 0 radical (unpaired) electrons. The second kappa shape index (κ2) is 3.83. The number of aryl methyl sites for hydroxylation is 1. The van der Waals surface area contributed by atoms with Gasteiger partial charge >= 0.3 is 5.13 Å². The highest BCUT2D eigenvalue weighted by molar-refractivity contribution is 7.15. The summed E-state index contributed by atoms with van der Waals surface area (Å²) in [5.74, 6) is 0. The minimum absolute atomic E-state index is 0.752. The van der Waals surface area contributed by atoms with Crippen LogP contribution >= 0.6 is 22.9 Å². The molecule has 4 heteroatoms. The van der Waals surface area contributed by atoms with Gasteiger partial charge in [0.25, 0.3) is 0 Å². The smallest absolute Gasteiger partial charge is 0.278 e. The van der Waals surface area contributed by atoms with Gasteiger partial charge in [-0.2, -0.15) is 0 Å². The monoisotopic (exact) mass is 239 g/mol. The average Bonchev–Trinajstić information content (AvgIpc) is 2.44. The summed E-state index contributed by atoms with van der Waals surface area (Å²) in [7, 11) is 1.97. The van der Waals surface area contributed by atoms with Crippen molar-refractivity contribution in [1.29, 1.82) is 0 Å². The highest BCUT2D eigenvalue weighted by Gasteiger charge is 2.16. The van der Waals surface area contributed by atoms with Gasteiger partial charge in [0.1, 0.15) is 5.69 Å². The zero-order chi connectivity index (χ0) is 11.0. The van der Waals surface area contributed by atoms with Gasteiger partial charge in [-0.25, -0.2) is 4.57 Å². The maximum Gasteiger partial charge on any atom is 0.332 e. The van der Waals surface area contributed by atoms with E-state index in [0.29, 0.717) is 0 Å². The Bertz CT molecular complexity index is 488. The van der Waals surface area contributed by atoms with Crippen LogP contribution in [-0.4, -0.2) is 0 Å². The van der Waals surface area contributed by atoms with Crippen LogP contribution in [0.1, 0.15) is 4.88 Å². The molecule has 2 N–H and O–H groups in total. The third kappa shape index (κ3) is 1.85. The first-order valence-electron chi connectivity index (χ1n) is 4.60. The fourth-order valence-electron chi connectivity index (χ4n) is 1.62. The predicted octanol–water partition coefficient (Wildman–Crippen LogP) is 2.78. The van der Waals surface area contributed by atoms with E-state index in [2.05, 4.69) is 6.92 Å². The summed E-state index contributed by atoms with van der Waals surface area (Å²) in [5.41, 5.74) is 8.17. The van der Waals surface area contributed by atoms with Crippen LogP contribution in [0.3, 0.4) is 0 Å². The molecule has 78 valence electrons. The second-order valence-corrected chi connectivity index (χ2v) is 5.08. The molecule has 0 aliphatic heterocycles. The van der Waals surface area contributed by atoms with Crippen molar-refractivity contribution in [2.45, 2.75) is 6.92 Å². The van der Waals surface area contributed by atoms with Gasteiger partial charge in [-0.3, -0.25) is 5.73 Å². The number of hydrogen-bond donors (Lipinski definition) is 1. The van der Waals surface area contributed by atoms with Crippen LogP contribution in [0.25, 0.3) is 11.3 Å². The van der Waals surface area contributed by atoms with Gasteiger partial charge in [0, 0.05) is 10.6 Å². The van der Waals surface area contributed by atoms with E-state index in [9.17, 15) is 0 Å². The molecule has 0 atom stereocenters. The number of nitrogen functional groups attached to an aromatic ring is 1. The molecule has 0 saturated heterocycles. The zero-order valence-corrected chi connectivity index (χ0v) is 10.2. The number of thiazole rings is 1. The van der Waals surface area contributed by atoms with Crippen LogP contribution < -0.4 is 10.3 Å². The standard InChI is InChI=1S/C11H11ClN2S/c1-7-10(14(2)11(13)15-7)8-3-5-9(12)6-4-8/h3-6,13H,1-2H3/p+1. The number of aromatic nitrogens is 1. The third-order valence-corrected chi connectivity index (χ3v) is 3.61. The normalized spacial score (nSPS) is 10.6. The van der Waals surface area contributed by atoms with E-state index in [0.717, 1.165) is 21.4 Å². The highest BCUT2D eigenvalue weighted by Crippen LogP contribution is 2.27. The Kier molecular flexibility index (Phi) is 2.67. The van der Waals surface area contributed by atoms with Crippen LogP contribution in [0, 0.1) is 6.92 Å². The van der Waals surface area contributed by atoms with Crippen molar-refractivity contribution >= 4 is 28.1 Å². The highest BCUT2D eigenvalue weighted by atomic mass is 35.5. The number of halogens is 1. The summed E-state index contributed by atoms with van der Waals surface area (Å²) < 4.78 is 2.00. The first kappa shape index (κ1) is 10.5. The van der Waals surface area contributed by atoms with Crippen molar-refractivity contribution in [3.05, 3.63) is 34.2 Å². The van der Waals surface area contributed by atoms with Gasteiger partial charge in [0.15, 0.2) is 0 Å². The van der Waals surface area contributed by atoms with Gasteiger partial charge in [-0.15, -0.1) is 0 Å². The van der Waals surface area contributed by atoms with E-state index in [1.807, 2.05) is 35.9 Å². The lowest BCUT2D eigenvalue weighted by Gasteiger charge is -2.00. The molecule has 1 aromatic heterocycles. The van der Waals surface area contributed by atoms with E-state index < -0.39 is 0 Å². The summed E-state index contributed by atoms with van der Waals surface area (Å²) in [5, 5.41) is 1.57. The number of nitrogens with zero attached hydrogens (tertiary/aromatic N) is 1. The van der Waals surface area contributed by atoms with Crippen molar-refractivity contribution in [1.82, 2.24) is 0 Å². The van der Waals surface area contributed by atoms with Gasteiger partial charge < -0.3 is 0 Å². The lowest BCUT2D eigenvalue weighted by molar-refractivity contribution is -0.641. The van der Waals surface area contributed by atoms with Gasteiger partial charge in [0.05, 0.1) is 11.9 Å². The SMILES string of the molecule is Cc1sc(N)[n+](C)c1-c1ccc(Cl)cc1. The first-order chi connectivity index (χ1) is 7.09. The van der Waals surface area contributed by atoms with Crippen LogP contribution in [0.15, 0.2) is 24.3 Å². The summed E-state index contributed by atoms with van der Waals surface area (Å²) in [6, 6.07) is 7.81. The van der Waals surface area contributed by atoms with Crippen molar-refractivity contribution in [2.24, 2.45) is 7.05 Å². The van der Waals surface area contributed by atoms with Crippen LogP contribution in [-0.2, 0) is 7.05 Å². The molecule has 0 unspecified atom stereocenters. The largest absolute Gasteiger partial charge is 0.332 e. The van der Waals surface area contributed by atoms with Gasteiger partial charge in [0.2, 0.25) is 0 Å². The predicted molar refractivity (Wildman–Crippen MR) is 65.1 cm³/mol. The first-order valence-corrected chi connectivity index (χ1v) is 5.80. The van der Waals surface area contributed by atoms with Crippen LogP contribution in [0.2, 0.25) is 5.02 Å².